The second kappa shape index (κ2) is 8.11. The minimum Gasteiger partial charge on any atom is -0.493 e. The van der Waals surface area contributed by atoms with Crippen LogP contribution in [-0.4, -0.2) is 40.3 Å². The van der Waals surface area contributed by atoms with Gasteiger partial charge in [-0.05, 0) is 52.7 Å². The first kappa shape index (κ1) is 17.4. The molecule has 0 saturated carbocycles. The van der Waals surface area contributed by atoms with Gasteiger partial charge in [0.1, 0.15) is 6.33 Å². The fourth-order valence-corrected chi connectivity index (χ4v) is 2.52. The Kier molecular flexibility index (Phi) is 5.43. The Balaban J connectivity index is 1.60. The van der Waals surface area contributed by atoms with Crippen LogP contribution in [-0.2, 0) is 11.2 Å². The molecule has 1 amide bonds. The van der Waals surface area contributed by atoms with E-state index in [2.05, 4.69) is 20.8 Å². The van der Waals surface area contributed by atoms with E-state index in [9.17, 15) is 4.79 Å². The van der Waals surface area contributed by atoms with Crippen molar-refractivity contribution in [1.82, 2.24) is 20.2 Å². The van der Waals surface area contributed by atoms with Crippen molar-refractivity contribution in [2.45, 2.75) is 12.8 Å². The molecule has 2 aromatic carbocycles. The minimum absolute atomic E-state index is 0.0753. The van der Waals surface area contributed by atoms with Crippen LogP contribution in [0.3, 0.4) is 0 Å². The lowest BCUT2D eigenvalue weighted by molar-refractivity contribution is -0.116. The molecule has 0 bridgehead atoms. The summed E-state index contributed by atoms with van der Waals surface area (Å²) < 4.78 is 12.0. The molecule has 0 saturated heterocycles. The molecule has 3 aromatic rings. The normalized spacial score (nSPS) is 10.4. The number of hydrogen-bond donors (Lipinski definition) is 1. The zero-order valence-corrected chi connectivity index (χ0v) is 14.5. The number of aromatic nitrogens is 4. The lowest BCUT2D eigenvalue weighted by atomic mass is 10.1. The molecule has 8 nitrogen and oxygen atoms in total. The van der Waals surface area contributed by atoms with Gasteiger partial charge in [0.2, 0.25) is 5.91 Å². The maximum atomic E-state index is 12.2. The molecule has 0 atom stereocenters. The summed E-state index contributed by atoms with van der Waals surface area (Å²) >= 11 is 0. The quantitative estimate of drug-likeness (QED) is 0.700. The molecule has 0 spiro atoms. The highest BCUT2D eigenvalue weighted by Crippen LogP contribution is 2.28. The minimum atomic E-state index is -0.0753. The van der Waals surface area contributed by atoms with E-state index in [-0.39, 0.29) is 5.91 Å². The van der Waals surface area contributed by atoms with Crippen molar-refractivity contribution in [3.05, 3.63) is 54.4 Å². The Hall–Kier alpha value is -3.42. The van der Waals surface area contributed by atoms with Crippen LogP contribution < -0.4 is 14.8 Å². The molecule has 26 heavy (non-hydrogen) atoms. The number of tetrazole rings is 1. The molecule has 0 fully saturated rings. The number of methoxy groups -OCH3 is 2. The first-order chi connectivity index (χ1) is 12.7. The van der Waals surface area contributed by atoms with Gasteiger partial charge in [-0.15, -0.1) is 5.10 Å². The van der Waals surface area contributed by atoms with Crippen molar-refractivity contribution in [1.29, 1.82) is 0 Å². The number of carbonyl (C=O) groups excluding carboxylic acids is 1. The lowest BCUT2D eigenvalue weighted by Crippen LogP contribution is -2.12. The molecule has 0 aliphatic carbocycles. The van der Waals surface area contributed by atoms with Crippen molar-refractivity contribution in [3.8, 4) is 17.2 Å². The number of anilines is 1. The third-order valence-electron chi connectivity index (χ3n) is 3.83. The van der Waals surface area contributed by atoms with Crippen molar-refractivity contribution in [2.75, 3.05) is 19.5 Å². The largest absolute Gasteiger partial charge is 0.493 e. The van der Waals surface area contributed by atoms with Gasteiger partial charge < -0.3 is 14.8 Å². The topological polar surface area (TPSA) is 91.2 Å². The molecule has 0 aliphatic heterocycles. The summed E-state index contributed by atoms with van der Waals surface area (Å²) in [4.78, 5) is 12.2. The second-order valence-electron chi connectivity index (χ2n) is 5.54. The molecule has 8 heteroatoms. The Morgan fingerprint density at radius 3 is 2.69 bits per heavy atom. The highest BCUT2D eigenvalue weighted by atomic mass is 16.5. The van der Waals surface area contributed by atoms with E-state index in [0.717, 1.165) is 11.3 Å². The van der Waals surface area contributed by atoms with Crippen molar-refractivity contribution in [2.24, 2.45) is 0 Å². The van der Waals surface area contributed by atoms with E-state index in [1.54, 1.807) is 14.2 Å². The third kappa shape index (κ3) is 4.15. The number of benzene rings is 2. The zero-order valence-electron chi connectivity index (χ0n) is 14.5. The van der Waals surface area contributed by atoms with E-state index < -0.39 is 0 Å². The Labute approximate surface area is 150 Å². The maximum absolute atomic E-state index is 12.2. The number of nitrogens with one attached hydrogen (secondary N) is 1. The predicted octanol–water partition coefficient (Wildman–Crippen LogP) is 2.25. The van der Waals surface area contributed by atoms with Crippen molar-refractivity contribution in [3.63, 3.8) is 0 Å². The SMILES string of the molecule is COc1ccc(CCC(=O)Nc2cccc(-n3cnnn3)c2)cc1OC. The summed E-state index contributed by atoms with van der Waals surface area (Å²) in [5.41, 5.74) is 2.46. The molecule has 0 unspecified atom stereocenters. The van der Waals surface area contributed by atoms with Crippen LogP contribution in [0.1, 0.15) is 12.0 Å². The smallest absolute Gasteiger partial charge is 0.224 e. The molecular weight excluding hydrogens is 334 g/mol. The average Bonchev–Trinajstić information content (AvgIpc) is 3.21. The molecular formula is C18H19N5O3. The summed E-state index contributed by atoms with van der Waals surface area (Å²) in [6, 6.07) is 13.0. The Morgan fingerprint density at radius 2 is 1.96 bits per heavy atom. The number of hydrogen-bond acceptors (Lipinski definition) is 6. The molecule has 1 N–H and O–H groups in total. The van der Waals surface area contributed by atoms with Crippen LogP contribution in [0.5, 0.6) is 11.5 Å². The molecule has 3 rings (SSSR count). The van der Waals surface area contributed by atoms with Gasteiger partial charge in [-0.2, -0.15) is 0 Å². The van der Waals surface area contributed by atoms with Crippen LogP contribution in [0.2, 0.25) is 0 Å². The lowest BCUT2D eigenvalue weighted by Gasteiger charge is -2.10. The summed E-state index contributed by atoms with van der Waals surface area (Å²) in [6.07, 6.45) is 2.45. The Morgan fingerprint density at radius 1 is 1.12 bits per heavy atom. The fourth-order valence-electron chi connectivity index (χ4n) is 2.52. The van der Waals surface area contributed by atoms with Crippen molar-refractivity contribution >= 4 is 11.6 Å². The van der Waals surface area contributed by atoms with Gasteiger partial charge in [-0.25, -0.2) is 4.68 Å². The molecule has 0 radical (unpaired) electrons. The molecule has 1 aromatic heterocycles. The van der Waals surface area contributed by atoms with Gasteiger partial charge in [0, 0.05) is 12.1 Å². The van der Waals surface area contributed by atoms with Gasteiger partial charge in [-0.3, -0.25) is 4.79 Å². The maximum Gasteiger partial charge on any atom is 0.224 e. The first-order valence-electron chi connectivity index (χ1n) is 8.04. The molecule has 134 valence electrons. The van der Waals surface area contributed by atoms with E-state index in [0.29, 0.717) is 30.0 Å². The van der Waals surface area contributed by atoms with E-state index in [1.807, 2.05) is 42.5 Å². The second-order valence-corrected chi connectivity index (χ2v) is 5.54. The number of ether oxygens (including phenoxy) is 2. The third-order valence-corrected chi connectivity index (χ3v) is 3.83. The molecule has 1 heterocycles. The number of carbonyl (C=O) groups is 1. The molecule has 0 aliphatic rings. The average molecular weight is 353 g/mol. The summed E-state index contributed by atoms with van der Waals surface area (Å²) in [7, 11) is 3.18. The first-order valence-corrected chi connectivity index (χ1v) is 8.04. The van der Waals surface area contributed by atoms with Gasteiger partial charge in [0.05, 0.1) is 19.9 Å². The number of amides is 1. The van der Waals surface area contributed by atoms with E-state index in [4.69, 9.17) is 9.47 Å². The van der Waals surface area contributed by atoms with Gasteiger partial charge in [-0.1, -0.05) is 12.1 Å². The zero-order chi connectivity index (χ0) is 18.4. The van der Waals surface area contributed by atoms with E-state index in [1.165, 1.54) is 11.0 Å². The number of aryl methyl sites for hydroxylation is 1. The van der Waals surface area contributed by atoms with Crippen LogP contribution in [0.15, 0.2) is 48.8 Å². The summed E-state index contributed by atoms with van der Waals surface area (Å²) in [5.74, 6) is 1.24. The number of rotatable bonds is 7. The van der Waals surface area contributed by atoms with Crippen LogP contribution >= 0.6 is 0 Å². The monoisotopic (exact) mass is 353 g/mol. The summed E-state index contributed by atoms with van der Waals surface area (Å²) in [6.45, 7) is 0. The van der Waals surface area contributed by atoms with Gasteiger partial charge in [0.15, 0.2) is 11.5 Å². The van der Waals surface area contributed by atoms with E-state index >= 15 is 0 Å². The standard InChI is InChI=1S/C18H19N5O3/c1-25-16-8-6-13(10-17(16)26-2)7-9-18(24)20-14-4-3-5-15(11-14)23-12-19-21-22-23/h3-6,8,10-12H,7,9H2,1-2H3,(H,20,24). The summed E-state index contributed by atoms with van der Waals surface area (Å²) in [5, 5.41) is 13.9. The van der Waals surface area contributed by atoms with Crippen LogP contribution in [0, 0.1) is 0 Å². The van der Waals surface area contributed by atoms with Crippen LogP contribution in [0.25, 0.3) is 5.69 Å². The van der Waals surface area contributed by atoms with Gasteiger partial charge >= 0.3 is 0 Å². The highest BCUT2D eigenvalue weighted by Gasteiger charge is 2.08. The van der Waals surface area contributed by atoms with Crippen molar-refractivity contribution < 1.29 is 14.3 Å². The van der Waals surface area contributed by atoms with Crippen LogP contribution in [0.4, 0.5) is 5.69 Å². The van der Waals surface area contributed by atoms with Gasteiger partial charge in [0.25, 0.3) is 0 Å². The Bertz CT molecular complexity index is 880. The number of nitrogens with zero attached hydrogens (tertiary/aromatic N) is 4. The fraction of sp³-hybridized carbons (Fsp3) is 0.222. The highest BCUT2D eigenvalue weighted by molar-refractivity contribution is 5.91. The predicted molar refractivity (Wildman–Crippen MR) is 95.7 cm³/mol.